The van der Waals surface area contributed by atoms with Gasteiger partial charge in [-0.05, 0) is 0 Å². The van der Waals surface area contributed by atoms with Crippen LogP contribution in [0.3, 0.4) is 0 Å². The van der Waals surface area contributed by atoms with Crippen LogP contribution in [0.5, 0.6) is 0 Å². The monoisotopic (exact) mass is 278 g/mol. The van der Waals surface area contributed by atoms with E-state index in [1.807, 2.05) is 4.74 Å². The summed E-state index contributed by atoms with van der Waals surface area (Å²) in [6, 6.07) is 0. The van der Waals surface area contributed by atoms with Crippen molar-refractivity contribution in [1.29, 1.82) is 0 Å². The van der Waals surface area contributed by atoms with E-state index in [1.165, 1.54) is 0 Å². The number of alkyl halides is 6. The maximum absolute atomic E-state index is 12.3. The van der Waals surface area contributed by atoms with Crippen LogP contribution in [0.15, 0.2) is 0 Å². The molecule has 1 N–H and O–H groups in total. The molecule has 0 fully saturated rings. The summed E-state index contributed by atoms with van der Waals surface area (Å²) in [7, 11) is -4.96. The molecule has 0 heterocycles. The predicted octanol–water partition coefficient (Wildman–Crippen LogP) is 1.27. The second-order valence-electron chi connectivity index (χ2n) is 2.29. The van der Waals surface area contributed by atoms with E-state index in [0.717, 1.165) is 0 Å². The van der Waals surface area contributed by atoms with Crippen molar-refractivity contribution in [3.05, 3.63) is 0 Å². The minimum atomic E-state index is -5.84. The lowest BCUT2D eigenvalue weighted by atomic mass is 10.6. The van der Waals surface area contributed by atoms with Crippen molar-refractivity contribution < 1.29 is 48.8 Å². The van der Waals surface area contributed by atoms with Crippen LogP contribution in [-0.4, -0.2) is 37.7 Å². The Balaban J connectivity index is 4.41. The number of hydrogen-bond donors (Lipinski definition) is 1. The van der Waals surface area contributed by atoms with Gasteiger partial charge in [0, 0.05) is 0 Å². The highest BCUT2D eigenvalue weighted by Gasteiger charge is 2.52. The fourth-order valence-electron chi connectivity index (χ4n) is 0.443. The van der Waals surface area contributed by atoms with Gasteiger partial charge in [0.2, 0.25) is 0 Å². The number of ether oxygens (including phenoxy) is 2. The summed E-state index contributed by atoms with van der Waals surface area (Å²) >= 11 is 0. The van der Waals surface area contributed by atoms with E-state index in [9.17, 15) is 34.8 Å². The lowest BCUT2D eigenvalue weighted by Gasteiger charge is -2.21. The molecular weight excluding hydrogens is 274 g/mol. The third-order valence-corrected chi connectivity index (χ3v) is 1.31. The van der Waals surface area contributed by atoms with Gasteiger partial charge in [0.1, 0.15) is 0 Å². The highest BCUT2D eigenvalue weighted by atomic mass is 32.2. The third-order valence-electron chi connectivity index (χ3n) is 0.879. The zero-order valence-electron chi connectivity index (χ0n) is 7.04. The summed E-state index contributed by atoms with van der Waals surface area (Å²) in [5, 5.41) is 0. The largest absolute Gasteiger partial charge is 0.527 e. The SMILES string of the molecule is O=S(=O)(O)COC(F)C(F)(F)OC(F)(F)F. The predicted molar refractivity (Wildman–Crippen MR) is 34.5 cm³/mol. The average molecular weight is 278 g/mol. The van der Waals surface area contributed by atoms with Crippen molar-refractivity contribution in [2.45, 2.75) is 18.8 Å². The smallest absolute Gasteiger partial charge is 0.323 e. The second kappa shape index (κ2) is 4.73. The van der Waals surface area contributed by atoms with Crippen LogP contribution in [0, 0.1) is 0 Å². The summed E-state index contributed by atoms with van der Waals surface area (Å²) < 4.78 is 103. The fourth-order valence-corrected chi connectivity index (χ4v) is 0.735. The minimum absolute atomic E-state index is 1.94. The highest BCUT2D eigenvalue weighted by Crippen LogP contribution is 2.32. The van der Waals surface area contributed by atoms with Crippen LogP contribution in [0.1, 0.15) is 0 Å². The van der Waals surface area contributed by atoms with Crippen molar-refractivity contribution in [1.82, 2.24) is 0 Å². The highest BCUT2D eigenvalue weighted by molar-refractivity contribution is 7.85. The van der Waals surface area contributed by atoms with Gasteiger partial charge in [-0.2, -0.15) is 17.2 Å². The standard InChI is InChI=1S/C4H4F6O5S/c5-2(14-1-16(11,12)13)3(6,7)15-4(8,9)10/h2H,1H2,(H,11,12,13). The Labute approximate surface area is 84.7 Å². The summed E-state index contributed by atoms with van der Waals surface area (Å²) in [6.07, 6.45) is -15.3. The molecule has 0 aliphatic rings. The van der Waals surface area contributed by atoms with Gasteiger partial charge in [-0.3, -0.25) is 4.55 Å². The molecule has 0 aromatic rings. The molecule has 0 aromatic carbocycles. The molecule has 5 nitrogen and oxygen atoms in total. The van der Waals surface area contributed by atoms with E-state index < -0.39 is 34.9 Å². The zero-order chi connectivity index (χ0) is 13.2. The third kappa shape index (κ3) is 6.81. The lowest BCUT2D eigenvalue weighted by molar-refractivity contribution is -0.454. The van der Waals surface area contributed by atoms with E-state index in [2.05, 4.69) is 4.74 Å². The van der Waals surface area contributed by atoms with Crippen molar-refractivity contribution in [3.63, 3.8) is 0 Å². The second-order valence-corrected chi connectivity index (χ2v) is 3.69. The first kappa shape index (κ1) is 15.4. The normalized spacial score (nSPS) is 16.2. The molecule has 0 aliphatic carbocycles. The topological polar surface area (TPSA) is 72.8 Å². The fraction of sp³-hybridized carbons (Fsp3) is 1.00. The van der Waals surface area contributed by atoms with E-state index >= 15 is 0 Å². The van der Waals surface area contributed by atoms with Crippen molar-refractivity contribution in [2.75, 3.05) is 5.94 Å². The molecule has 0 amide bonds. The van der Waals surface area contributed by atoms with Gasteiger partial charge < -0.3 is 4.74 Å². The molecular formula is C4H4F6O5S. The van der Waals surface area contributed by atoms with Crippen molar-refractivity contribution in [2.24, 2.45) is 0 Å². The van der Waals surface area contributed by atoms with Crippen molar-refractivity contribution in [3.8, 4) is 0 Å². The summed E-state index contributed by atoms with van der Waals surface area (Å²) in [5.41, 5.74) is 0. The molecule has 1 atom stereocenters. The Morgan fingerprint density at radius 2 is 1.62 bits per heavy atom. The first-order valence-corrected chi connectivity index (χ1v) is 4.80. The quantitative estimate of drug-likeness (QED) is 0.605. The van der Waals surface area contributed by atoms with Crippen LogP contribution in [0.2, 0.25) is 0 Å². The van der Waals surface area contributed by atoms with Crippen LogP contribution in [0.25, 0.3) is 0 Å². The molecule has 0 spiro atoms. The summed E-state index contributed by atoms with van der Waals surface area (Å²) in [4.78, 5) is 0. The van der Waals surface area contributed by atoms with E-state index in [0.29, 0.717) is 0 Å². The number of halogens is 6. The van der Waals surface area contributed by atoms with Gasteiger partial charge in [0.25, 0.3) is 16.5 Å². The molecule has 1 unspecified atom stereocenters. The average Bonchev–Trinajstić information content (AvgIpc) is 1.93. The maximum atomic E-state index is 12.3. The number of rotatable bonds is 5. The minimum Gasteiger partial charge on any atom is -0.323 e. The van der Waals surface area contributed by atoms with Gasteiger partial charge in [-0.1, -0.05) is 0 Å². The number of hydrogen-bond acceptors (Lipinski definition) is 4. The molecule has 98 valence electrons. The van der Waals surface area contributed by atoms with Gasteiger partial charge >= 0.3 is 12.5 Å². The summed E-state index contributed by atoms with van der Waals surface area (Å²) in [6.45, 7) is 0. The Morgan fingerprint density at radius 3 is 1.94 bits per heavy atom. The first-order valence-electron chi connectivity index (χ1n) is 3.19. The molecule has 0 saturated carbocycles. The molecule has 0 saturated heterocycles. The Hall–Kier alpha value is -0.590. The molecule has 0 rings (SSSR count). The van der Waals surface area contributed by atoms with Crippen LogP contribution >= 0.6 is 0 Å². The van der Waals surface area contributed by atoms with E-state index in [1.54, 1.807) is 0 Å². The molecule has 12 heteroatoms. The Kier molecular flexibility index (Phi) is 4.55. The van der Waals surface area contributed by atoms with E-state index in [4.69, 9.17) is 4.55 Å². The molecule has 0 aliphatic heterocycles. The van der Waals surface area contributed by atoms with Gasteiger partial charge in [0.15, 0.2) is 5.94 Å². The van der Waals surface area contributed by atoms with Crippen LogP contribution < -0.4 is 0 Å². The van der Waals surface area contributed by atoms with Gasteiger partial charge in [-0.15, -0.1) is 13.2 Å². The molecule has 0 aromatic heterocycles. The maximum Gasteiger partial charge on any atom is 0.527 e. The van der Waals surface area contributed by atoms with Crippen LogP contribution in [-0.2, 0) is 19.6 Å². The van der Waals surface area contributed by atoms with Gasteiger partial charge in [-0.25, -0.2) is 9.13 Å². The lowest BCUT2D eigenvalue weighted by Crippen LogP contribution is -2.40. The summed E-state index contributed by atoms with van der Waals surface area (Å²) in [5.74, 6) is -1.94. The Bertz CT molecular complexity index is 322. The van der Waals surface area contributed by atoms with Crippen molar-refractivity contribution >= 4 is 10.1 Å². The molecule has 0 bridgehead atoms. The van der Waals surface area contributed by atoms with Gasteiger partial charge in [0.05, 0.1) is 0 Å². The Morgan fingerprint density at radius 1 is 1.19 bits per heavy atom. The zero-order valence-corrected chi connectivity index (χ0v) is 7.86. The molecule has 0 radical (unpaired) electrons. The molecule has 16 heavy (non-hydrogen) atoms. The van der Waals surface area contributed by atoms with Crippen LogP contribution in [0.4, 0.5) is 26.3 Å². The first-order chi connectivity index (χ1) is 6.83. The van der Waals surface area contributed by atoms with E-state index in [-0.39, 0.29) is 0 Å².